The fourth-order valence-electron chi connectivity index (χ4n) is 2.67. The smallest absolute Gasteiger partial charge is 0.241 e. The van der Waals surface area contributed by atoms with Gasteiger partial charge in [0.15, 0.2) is 5.96 Å². The van der Waals surface area contributed by atoms with E-state index in [-0.39, 0.29) is 28.9 Å². The van der Waals surface area contributed by atoms with Gasteiger partial charge in [-0.3, -0.25) is 4.99 Å². The molecule has 0 heterocycles. The van der Waals surface area contributed by atoms with Crippen LogP contribution in [-0.4, -0.2) is 33.0 Å². The Morgan fingerprint density at radius 3 is 2.38 bits per heavy atom. The predicted octanol–water partition coefficient (Wildman–Crippen LogP) is 2.77. The van der Waals surface area contributed by atoms with Crippen molar-refractivity contribution >= 4 is 40.0 Å². The minimum Gasteiger partial charge on any atom is -0.353 e. The molecule has 1 aliphatic carbocycles. The van der Waals surface area contributed by atoms with Crippen LogP contribution in [0.3, 0.4) is 0 Å². The van der Waals surface area contributed by atoms with Gasteiger partial charge in [0, 0.05) is 25.2 Å². The summed E-state index contributed by atoms with van der Waals surface area (Å²) in [5.74, 6) is 0.671. The van der Waals surface area contributed by atoms with E-state index in [0.717, 1.165) is 12.8 Å². The summed E-state index contributed by atoms with van der Waals surface area (Å²) >= 11 is 0. The van der Waals surface area contributed by atoms with Gasteiger partial charge >= 0.3 is 0 Å². The molecular weight excluding hydrogens is 463 g/mol. The summed E-state index contributed by atoms with van der Waals surface area (Å²) in [6.07, 6.45) is 6.23. The zero-order chi connectivity index (χ0) is 18.5. The highest BCUT2D eigenvalue weighted by Gasteiger charge is 2.24. The van der Waals surface area contributed by atoms with E-state index in [2.05, 4.69) is 32.5 Å². The van der Waals surface area contributed by atoms with Crippen LogP contribution in [0.25, 0.3) is 0 Å². The number of benzene rings is 1. The Morgan fingerprint density at radius 2 is 1.81 bits per heavy atom. The Balaban J connectivity index is 0.00000338. The molecule has 0 aliphatic heterocycles. The van der Waals surface area contributed by atoms with Gasteiger partial charge in [-0.2, -0.15) is 0 Å². The second-order valence-electron chi connectivity index (χ2n) is 7.17. The van der Waals surface area contributed by atoms with Gasteiger partial charge in [0.1, 0.15) is 0 Å². The first-order valence-electron chi connectivity index (χ1n) is 8.45. The third kappa shape index (κ3) is 6.88. The van der Waals surface area contributed by atoms with Crippen molar-refractivity contribution in [3.05, 3.63) is 42.0 Å². The van der Waals surface area contributed by atoms with Crippen molar-refractivity contribution < 1.29 is 8.42 Å². The largest absolute Gasteiger partial charge is 0.353 e. The fraction of sp³-hybridized carbons (Fsp3) is 0.500. The van der Waals surface area contributed by atoms with Crippen LogP contribution in [-0.2, 0) is 16.6 Å². The Bertz CT molecular complexity index is 747. The van der Waals surface area contributed by atoms with E-state index in [1.807, 2.05) is 32.9 Å². The molecule has 3 N–H and O–H groups in total. The van der Waals surface area contributed by atoms with Gasteiger partial charge in [-0.15, -0.1) is 24.0 Å². The molecule has 0 atom stereocenters. The topological polar surface area (TPSA) is 82.6 Å². The van der Waals surface area contributed by atoms with E-state index in [4.69, 9.17) is 0 Å². The molecule has 0 aromatic heterocycles. The van der Waals surface area contributed by atoms with Gasteiger partial charge in [0.05, 0.1) is 4.90 Å². The molecule has 1 aromatic rings. The summed E-state index contributed by atoms with van der Waals surface area (Å²) < 4.78 is 28.0. The quantitative estimate of drug-likeness (QED) is 0.256. The van der Waals surface area contributed by atoms with E-state index in [1.165, 1.54) is 0 Å². The predicted molar refractivity (Wildman–Crippen MR) is 117 cm³/mol. The minimum absolute atomic E-state index is 0. The maximum Gasteiger partial charge on any atom is 0.241 e. The summed E-state index contributed by atoms with van der Waals surface area (Å²) in [6, 6.07) is 7.35. The lowest BCUT2D eigenvalue weighted by molar-refractivity contribution is 0.491. The highest BCUT2D eigenvalue weighted by atomic mass is 127. The van der Waals surface area contributed by atoms with Crippen LogP contribution in [0.15, 0.2) is 46.3 Å². The molecule has 0 amide bonds. The fourth-order valence-corrected chi connectivity index (χ4v) is 4.33. The van der Waals surface area contributed by atoms with Crippen LogP contribution in [0.5, 0.6) is 0 Å². The zero-order valence-electron chi connectivity index (χ0n) is 15.7. The van der Waals surface area contributed by atoms with Crippen LogP contribution < -0.4 is 15.4 Å². The molecule has 1 aromatic carbocycles. The van der Waals surface area contributed by atoms with E-state index in [0.29, 0.717) is 24.1 Å². The number of rotatable bonds is 5. The molecule has 0 saturated carbocycles. The number of sulfonamides is 1. The maximum absolute atomic E-state index is 12.7. The Morgan fingerprint density at radius 1 is 1.19 bits per heavy atom. The van der Waals surface area contributed by atoms with Gasteiger partial charge in [-0.1, -0.05) is 30.4 Å². The molecule has 0 spiro atoms. The number of hydrogen-bond donors (Lipinski definition) is 3. The molecule has 0 saturated heterocycles. The van der Waals surface area contributed by atoms with Crippen LogP contribution in [0, 0.1) is 0 Å². The number of nitrogens with zero attached hydrogens (tertiary/aromatic N) is 1. The normalized spacial score (nSPS) is 15.6. The Hall–Kier alpha value is -1.13. The molecule has 146 valence electrons. The first-order valence-corrected chi connectivity index (χ1v) is 9.94. The Labute approximate surface area is 174 Å². The molecular formula is C18H29IN4O2S. The average molecular weight is 492 g/mol. The number of aliphatic imine (C=N–C) groups is 1. The molecule has 6 nitrogen and oxygen atoms in total. The molecule has 0 unspecified atom stereocenters. The van der Waals surface area contributed by atoms with Crippen LogP contribution in [0.2, 0.25) is 0 Å². The lowest BCUT2D eigenvalue weighted by Gasteiger charge is -2.22. The second kappa shape index (κ2) is 9.70. The van der Waals surface area contributed by atoms with E-state index >= 15 is 0 Å². The monoisotopic (exact) mass is 492 g/mol. The summed E-state index contributed by atoms with van der Waals surface area (Å²) in [4.78, 5) is 4.51. The van der Waals surface area contributed by atoms with Gasteiger partial charge in [-0.25, -0.2) is 13.1 Å². The lowest BCUT2D eigenvalue weighted by atomic mass is 10.1. The maximum atomic E-state index is 12.7. The molecule has 1 aliphatic rings. The highest BCUT2D eigenvalue weighted by Crippen LogP contribution is 2.17. The molecule has 2 rings (SSSR count). The number of hydrogen-bond acceptors (Lipinski definition) is 3. The first kappa shape index (κ1) is 22.9. The molecule has 26 heavy (non-hydrogen) atoms. The Kier molecular flexibility index (Phi) is 8.55. The van der Waals surface area contributed by atoms with Crippen LogP contribution in [0.1, 0.15) is 39.2 Å². The minimum atomic E-state index is -3.59. The van der Waals surface area contributed by atoms with E-state index in [9.17, 15) is 8.42 Å². The number of halogens is 1. The molecule has 0 radical (unpaired) electrons. The first-order chi connectivity index (χ1) is 11.7. The third-order valence-corrected chi connectivity index (χ3v) is 5.58. The lowest BCUT2D eigenvalue weighted by Crippen LogP contribution is -2.43. The van der Waals surface area contributed by atoms with Crippen LogP contribution >= 0.6 is 24.0 Å². The molecule has 8 heteroatoms. The zero-order valence-corrected chi connectivity index (χ0v) is 18.9. The van der Waals surface area contributed by atoms with Gasteiger partial charge < -0.3 is 10.6 Å². The summed E-state index contributed by atoms with van der Waals surface area (Å²) in [7, 11) is -1.88. The van der Waals surface area contributed by atoms with Crippen molar-refractivity contribution in [3.8, 4) is 0 Å². The van der Waals surface area contributed by atoms with E-state index in [1.54, 1.807) is 19.2 Å². The van der Waals surface area contributed by atoms with Crippen molar-refractivity contribution in [2.75, 3.05) is 7.05 Å². The van der Waals surface area contributed by atoms with Crippen molar-refractivity contribution in [2.45, 2.75) is 56.6 Å². The summed E-state index contributed by atoms with van der Waals surface area (Å²) in [5, 5.41) is 6.55. The summed E-state index contributed by atoms with van der Waals surface area (Å²) in [6.45, 7) is 5.85. The van der Waals surface area contributed by atoms with Crippen molar-refractivity contribution in [1.29, 1.82) is 0 Å². The van der Waals surface area contributed by atoms with Crippen molar-refractivity contribution in [1.82, 2.24) is 15.4 Å². The van der Waals surface area contributed by atoms with Gasteiger partial charge in [0.2, 0.25) is 10.0 Å². The SMILES string of the molecule is CN=C(NCc1ccccc1S(=O)(=O)NC(C)(C)C)NC1CC=CC1.I. The number of guanidine groups is 1. The van der Waals surface area contributed by atoms with Crippen LogP contribution in [0.4, 0.5) is 0 Å². The molecule has 0 bridgehead atoms. The van der Waals surface area contributed by atoms with Crippen molar-refractivity contribution in [2.24, 2.45) is 4.99 Å². The van der Waals surface area contributed by atoms with Gasteiger partial charge in [0.25, 0.3) is 0 Å². The summed E-state index contributed by atoms with van der Waals surface area (Å²) in [5.41, 5.74) is 0.165. The van der Waals surface area contributed by atoms with Gasteiger partial charge in [-0.05, 0) is 45.2 Å². The second-order valence-corrected chi connectivity index (χ2v) is 8.82. The number of nitrogens with one attached hydrogen (secondary N) is 3. The third-order valence-electron chi connectivity index (χ3n) is 3.72. The van der Waals surface area contributed by atoms with E-state index < -0.39 is 15.6 Å². The molecule has 0 fully saturated rings. The average Bonchev–Trinajstić information content (AvgIpc) is 3.02. The standard InChI is InChI=1S/C18H28N4O2S.HI/c1-18(2,3)22-25(23,24)16-12-8-5-9-14(16)13-20-17(19-4)21-15-10-6-7-11-15;/h5-9,12,15,22H,10-11,13H2,1-4H3,(H2,19,20,21);1H. The van der Waals surface area contributed by atoms with Crippen molar-refractivity contribution in [3.63, 3.8) is 0 Å². The highest BCUT2D eigenvalue weighted by molar-refractivity contribution is 14.0.